The van der Waals surface area contributed by atoms with Gasteiger partial charge in [0, 0.05) is 24.5 Å². The predicted molar refractivity (Wildman–Crippen MR) is 110 cm³/mol. The van der Waals surface area contributed by atoms with Crippen LogP contribution in [-0.4, -0.2) is 46.3 Å². The molecule has 0 N–H and O–H groups in total. The number of carbonyl (C=O) groups is 2. The number of rotatable bonds is 12. The van der Waals surface area contributed by atoms with E-state index in [4.69, 9.17) is 0 Å². The fraction of sp³-hybridized carbons (Fsp3) is 0.810. The highest BCUT2D eigenvalue weighted by molar-refractivity contribution is 6.10. The molecule has 0 spiro atoms. The molecule has 27 heavy (non-hydrogen) atoms. The first-order chi connectivity index (χ1) is 13.0. The molecular formula is C21H36N4O2. The van der Waals surface area contributed by atoms with Crippen molar-refractivity contribution >= 4 is 23.2 Å². The minimum Gasteiger partial charge on any atom is -0.272 e. The van der Waals surface area contributed by atoms with Crippen LogP contribution >= 0.6 is 0 Å². The van der Waals surface area contributed by atoms with E-state index in [1.54, 1.807) is 10.0 Å². The van der Waals surface area contributed by atoms with Gasteiger partial charge in [-0.05, 0) is 33.1 Å². The van der Waals surface area contributed by atoms with E-state index in [0.29, 0.717) is 19.5 Å². The first-order valence-corrected chi connectivity index (χ1v) is 10.7. The molecule has 0 aromatic heterocycles. The van der Waals surface area contributed by atoms with Gasteiger partial charge in [-0.15, -0.1) is 0 Å². The van der Waals surface area contributed by atoms with Crippen LogP contribution in [0.2, 0.25) is 0 Å². The van der Waals surface area contributed by atoms with Crippen molar-refractivity contribution in [3.05, 3.63) is 0 Å². The lowest BCUT2D eigenvalue weighted by molar-refractivity contribution is -0.134. The van der Waals surface area contributed by atoms with E-state index < -0.39 is 0 Å². The molecule has 2 aliphatic rings. The Kier molecular flexibility index (Phi) is 8.45. The second-order valence-electron chi connectivity index (χ2n) is 7.87. The highest BCUT2D eigenvalue weighted by Crippen LogP contribution is 2.28. The van der Waals surface area contributed by atoms with E-state index in [2.05, 4.69) is 24.1 Å². The Morgan fingerprint density at radius 2 is 1.11 bits per heavy atom. The molecule has 6 nitrogen and oxygen atoms in total. The average Bonchev–Trinajstić information content (AvgIpc) is 3.06. The zero-order valence-electron chi connectivity index (χ0n) is 17.5. The van der Waals surface area contributed by atoms with Gasteiger partial charge in [-0.25, -0.2) is 10.0 Å². The summed E-state index contributed by atoms with van der Waals surface area (Å²) in [6, 6.07) is 0. The molecule has 0 bridgehead atoms. The molecular weight excluding hydrogens is 340 g/mol. The maximum Gasteiger partial charge on any atom is 0.251 e. The number of hydrogen-bond acceptors (Lipinski definition) is 4. The van der Waals surface area contributed by atoms with E-state index in [1.807, 2.05) is 13.8 Å². The summed E-state index contributed by atoms with van der Waals surface area (Å²) in [5, 5.41) is 12.2. The first kappa shape index (κ1) is 21.6. The van der Waals surface area contributed by atoms with Gasteiger partial charge in [0.25, 0.3) is 11.8 Å². The van der Waals surface area contributed by atoms with E-state index in [1.165, 1.54) is 25.7 Å². The summed E-state index contributed by atoms with van der Waals surface area (Å²) < 4.78 is 0. The fourth-order valence-electron chi connectivity index (χ4n) is 3.81. The Balaban J connectivity index is 1.87. The van der Waals surface area contributed by atoms with Crippen molar-refractivity contribution < 1.29 is 9.59 Å². The molecule has 0 radical (unpaired) electrons. The molecule has 0 aromatic carbocycles. The predicted octanol–water partition coefficient (Wildman–Crippen LogP) is 4.21. The van der Waals surface area contributed by atoms with Crippen LogP contribution < -0.4 is 0 Å². The summed E-state index contributed by atoms with van der Waals surface area (Å²) in [6.45, 7) is 9.53. The number of nitrogens with zero attached hydrogens (tertiary/aromatic N) is 4. The summed E-state index contributed by atoms with van der Waals surface area (Å²) in [6.07, 6.45) is 9.45. The number of hydrogen-bond donors (Lipinski definition) is 0. The molecule has 2 aliphatic heterocycles. The lowest BCUT2D eigenvalue weighted by Gasteiger charge is -2.18. The zero-order valence-corrected chi connectivity index (χ0v) is 17.5. The van der Waals surface area contributed by atoms with E-state index in [9.17, 15) is 9.59 Å². The molecule has 0 aliphatic carbocycles. The monoisotopic (exact) mass is 376 g/mol. The smallest absolute Gasteiger partial charge is 0.251 e. The number of amides is 2. The summed E-state index contributed by atoms with van der Waals surface area (Å²) in [5.41, 5.74) is 1.66. The van der Waals surface area contributed by atoms with E-state index >= 15 is 0 Å². The normalized spacial score (nSPS) is 22.7. The van der Waals surface area contributed by atoms with Crippen LogP contribution in [0.25, 0.3) is 0 Å². The highest BCUT2D eigenvalue weighted by Gasteiger charge is 2.41. The third-order valence-electron chi connectivity index (χ3n) is 5.59. The van der Waals surface area contributed by atoms with Gasteiger partial charge < -0.3 is 0 Å². The van der Waals surface area contributed by atoms with Gasteiger partial charge >= 0.3 is 0 Å². The van der Waals surface area contributed by atoms with Crippen LogP contribution in [0.4, 0.5) is 0 Å². The van der Waals surface area contributed by atoms with Crippen LogP contribution in [0.1, 0.15) is 85.5 Å². The topological polar surface area (TPSA) is 65.3 Å². The Morgan fingerprint density at radius 1 is 0.704 bits per heavy atom. The Labute approximate surface area is 164 Å². The first-order valence-electron chi connectivity index (χ1n) is 10.7. The number of hydrazone groups is 2. The SMILES string of the molecule is CCCCCCN1N=C(C)C(CC2C(=O)N(CCCCCC)N=C2C)C1=O. The largest absolute Gasteiger partial charge is 0.272 e. The molecule has 2 unspecified atom stereocenters. The van der Waals surface area contributed by atoms with Gasteiger partial charge in [0.2, 0.25) is 0 Å². The molecule has 2 amide bonds. The summed E-state index contributed by atoms with van der Waals surface area (Å²) in [4.78, 5) is 25.5. The van der Waals surface area contributed by atoms with Gasteiger partial charge in [0.05, 0.1) is 11.8 Å². The Hall–Kier alpha value is -1.72. The maximum atomic E-state index is 12.8. The maximum absolute atomic E-state index is 12.8. The summed E-state index contributed by atoms with van der Waals surface area (Å²) >= 11 is 0. The van der Waals surface area contributed by atoms with Crippen molar-refractivity contribution in [1.29, 1.82) is 0 Å². The number of carbonyl (C=O) groups excluding carboxylic acids is 2. The molecule has 2 atom stereocenters. The number of unbranched alkanes of at least 4 members (excludes halogenated alkanes) is 6. The van der Waals surface area contributed by atoms with Gasteiger partial charge in [-0.3, -0.25) is 9.59 Å². The average molecular weight is 377 g/mol. The van der Waals surface area contributed by atoms with E-state index in [0.717, 1.165) is 37.1 Å². The lowest BCUT2D eigenvalue weighted by Crippen LogP contribution is -2.34. The van der Waals surface area contributed by atoms with Crippen molar-refractivity contribution in [2.45, 2.75) is 85.5 Å². The molecule has 0 fully saturated rings. The zero-order chi connectivity index (χ0) is 19.8. The third-order valence-corrected chi connectivity index (χ3v) is 5.59. The van der Waals surface area contributed by atoms with Gasteiger partial charge in [0.1, 0.15) is 0 Å². The van der Waals surface area contributed by atoms with Crippen LogP contribution in [0.15, 0.2) is 10.2 Å². The minimum absolute atomic E-state index is 0.0472. The van der Waals surface area contributed by atoms with Crippen molar-refractivity contribution in [2.75, 3.05) is 13.1 Å². The second-order valence-corrected chi connectivity index (χ2v) is 7.87. The minimum atomic E-state index is -0.282. The molecule has 0 saturated heterocycles. The van der Waals surface area contributed by atoms with Crippen LogP contribution in [-0.2, 0) is 9.59 Å². The second kappa shape index (κ2) is 10.6. The Bertz CT molecular complexity index is 535. The molecule has 2 rings (SSSR count). The highest BCUT2D eigenvalue weighted by atomic mass is 16.2. The quantitative estimate of drug-likeness (QED) is 0.479. The third kappa shape index (κ3) is 5.63. The lowest BCUT2D eigenvalue weighted by atomic mass is 9.88. The molecule has 2 heterocycles. The van der Waals surface area contributed by atoms with Crippen molar-refractivity contribution in [3.63, 3.8) is 0 Å². The Morgan fingerprint density at radius 3 is 1.48 bits per heavy atom. The summed E-state index contributed by atoms with van der Waals surface area (Å²) in [5.74, 6) is -0.470. The van der Waals surface area contributed by atoms with Gasteiger partial charge in [0.15, 0.2) is 0 Å². The van der Waals surface area contributed by atoms with Crippen LogP contribution in [0, 0.1) is 11.8 Å². The summed E-state index contributed by atoms with van der Waals surface area (Å²) in [7, 11) is 0. The molecule has 0 saturated carbocycles. The molecule has 6 heteroatoms. The van der Waals surface area contributed by atoms with Crippen molar-refractivity contribution in [2.24, 2.45) is 22.0 Å². The fourth-order valence-corrected chi connectivity index (χ4v) is 3.81. The molecule has 0 aromatic rings. The van der Waals surface area contributed by atoms with Crippen LogP contribution in [0.3, 0.4) is 0 Å². The standard InChI is InChI=1S/C21H36N4O2/c1-5-7-9-11-13-24-20(26)18(16(3)22-24)15-19-17(4)23-25(21(19)27)14-12-10-8-6-2/h18-19H,5-15H2,1-4H3. The van der Waals surface area contributed by atoms with Crippen molar-refractivity contribution in [1.82, 2.24) is 10.0 Å². The van der Waals surface area contributed by atoms with E-state index in [-0.39, 0.29) is 23.7 Å². The van der Waals surface area contributed by atoms with Crippen molar-refractivity contribution in [3.8, 4) is 0 Å². The van der Waals surface area contributed by atoms with Gasteiger partial charge in [-0.2, -0.15) is 10.2 Å². The molecule has 152 valence electrons. The van der Waals surface area contributed by atoms with Gasteiger partial charge in [-0.1, -0.05) is 52.4 Å². The van der Waals surface area contributed by atoms with Crippen LogP contribution in [0.5, 0.6) is 0 Å².